The number of aryl methyl sites for hydroxylation is 2. The average Bonchev–Trinajstić information content (AvgIpc) is 2.35. The van der Waals surface area contributed by atoms with Crippen molar-refractivity contribution in [1.82, 2.24) is 15.2 Å². The molecule has 1 saturated heterocycles. The van der Waals surface area contributed by atoms with Crippen molar-refractivity contribution in [2.75, 3.05) is 18.5 Å². The van der Waals surface area contributed by atoms with E-state index in [0.717, 1.165) is 11.4 Å². The molecule has 0 spiro atoms. The number of aliphatic carboxylic acids is 1. The summed E-state index contributed by atoms with van der Waals surface area (Å²) in [6.45, 7) is 4.45. The summed E-state index contributed by atoms with van der Waals surface area (Å²) in [5.41, 5.74) is 0.416. The molecule has 1 aromatic heterocycles. The van der Waals surface area contributed by atoms with Crippen LogP contribution in [0.2, 0.25) is 0 Å². The molecule has 7 heteroatoms. The summed E-state index contributed by atoms with van der Waals surface area (Å²) in [7, 11) is 0. The molecule has 18 heavy (non-hydrogen) atoms. The van der Waals surface area contributed by atoms with E-state index < -0.39 is 11.5 Å². The van der Waals surface area contributed by atoms with Crippen LogP contribution < -0.4 is 5.32 Å². The minimum atomic E-state index is -1.05. The van der Waals surface area contributed by atoms with E-state index in [1.807, 2.05) is 6.92 Å². The maximum atomic E-state index is 11.4. The van der Waals surface area contributed by atoms with E-state index in [-0.39, 0.29) is 5.95 Å². The van der Waals surface area contributed by atoms with E-state index in [0.29, 0.717) is 26.1 Å². The molecule has 2 rings (SSSR count). The Morgan fingerprint density at radius 1 is 1.28 bits per heavy atom. The van der Waals surface area contributed by atoms with E-state index in [4.69, 9.17) is 4.74 Å². The highest BCUT2D eigenvalue weighted by Crippen LogP contribution is 2.24. The zero-order chi connectivity index (χ0) is 13.2. The molecule has 1 aromatic rings. The molecular weight excluding hydrogens is 236 g/mol. The first-order chi connectivity index (χ1) is 8.53. The number of nitrogens with one attached hydrogen (secondary N) is 1. The lowest BCUT2D eigenvalue weighted by molar-refractivity contribution is -0.145. The lowest BCUT2D eigenvalue weighted by Crippen LogP contribution is -2.51. The van der Waals surface area contributed by atoms with Gasteiger partial charge in [-0.2, -0.15) is 5.10 Å². The molecule has 98 valence electrons. The van der Waals surface area contributed by atoms with Crippen molar-refractivity contribution in [2.45, 2.75) is 32.2 Å². The number of ether oxygens (including phenoxy) is 1. The molecule has 0 atom stereocenters. The van der Waals surface area contributed by atoms with Gasteiger partial charge < -0.3 is 15.2 Å². The number of carboxylic acids is 1. The van der Waals surface area contributed by atoms with Crippen LogP contribution in [0, 0.1) is 13.8 Å². The van der Waals surface area contributed by atoms with Crippen LogP contribution in [0.15, 0.2) is 0 Å². The second-order valence-electron chi connectivity index (χ2n) is 4.43. The number of nitrogens with zero attached hydrogens (tertiary/aromatic N) is 3. The third-order valence-electron chi connectivity index (χ3n) is 3.20. The minimum absolute atomic E-state index is 0.252. The molecule has 0 unspecified atom stereocenters. The Labute approximate surface area is 105 Å². The maximum absolute atomic E-state index is 11.4. The monoisotopic (exact) mass is 252 g/mol. The lowest BCUT2D eigenvalue weighted by Gasteiger charge is -2.33. The van der Waals surface area contributed by atoms with Gasteiger partial charge in [0.15, 0.2) is 0 Å². The molecule has 2 heterocycles. The fraction of sp³-hybridized carbons (Fsp3) is 0.636. The number of anilines is 1. The van der Waals surface area contributed by atoms with Crippen LogP contribution >= 0.6 is 0 Å². The van der Waals surface area contributed by atoms with Gasteiger partial charge in [0.2, 0.25) is 5.95 Å². The van der Waals surface area contributed by atoms with E-state index in [9.17, 15) is 9.90 Å². The average molecular weight is 252 g/mol. The summed E-state index contributed by atoms with van der Waals surface area (Å²) in [5.74, 6) is -0.657. The Balaban J connectivity index is 2.23. The van der Waals surface area contributed by atoms with E-state index >= 15 is 0 Å². The van der Waals surface area contributed by atoms with E-state index in [1.54, 1.807) is 6.92 Å². The summed E-state index contributed by atoms with van der Waals surface area (Å²) in [4.78, 5) is 15.6. The topological polar surface area (TPSA) is 97.2 Å². The Hall–Kier alpha value is -1.76. The summed E-state index contributed by atoms with van der Waals surface area (Å²) < 4.78 is 5.20. The molecule has 0 saturated carbocycles. The second kappa shape index (κ2) is 4.85. The van der Waals surface area contributed by atoms with Gasteiger partial charge in [0.05, 0.1) is 11.4 Å². The van der Waals surface area contributed by atoms with Crippen molar-refractivity contribution in [3.05, 3.63) is 11.4 Å². The second-order valence-corrected chi connectivity index (χ2v) is 4.43. The first kappa shape index (κ1) is 12.7. The number of carboxylic acid groups (broad SMARTS) is 1. The quantitative estimate of drug-likeness (QED) is 0.809. The van der Waals surface area contributed by atoms with Crippen LogP contribution in [-0.4, -0.2) is 45.0 Å². The predicted molar refractivity (Wildman–Crippen MR) is 63.3 cm³/mol. The molecule has 1 aliphatic rings. The predicted octanol–water partition coefficient (Wildman–Crippen LogP) is 0.534. The summed E-state index contributed by atoms with van der Waals surface area (Å²) >= 11 is 0. The van der Waals surface area contributed by atoms with Gasteiger partial charge in [0.1, 0.15) is 5.54 Å². The van der Waals surface area contributed by atoms with Gasteiger partial charge in [-0.1, -0.05) is 0 Å². The van der Waals surface area contributed by atoms with Crippen molar-refractivity contribution < 1.29 is 14.6 Å². The number of carbonyl (C=O) groups is 1. The van der Waals surface area contributed by atoms with Gasteiger partial charge in [-0.05, 0) is 13.8 Å². The van der Waals surface area contributed by atoms with Gasteiger partial charge in [-0.25, -0.2) is 9.78 Å². The molecule has 0 amide bonds. The van der Waals surface area contributed by atoms with Crippen molar-refractivity contribution in [2.24, 2.45) is 0 Å². The molecule has 2 N–H and O–H groups in total. The summed E-state index contributed by atoms with van der Waals surface area (Å²) in [6, 6.07) is 0. The van der Waals surface area contributed by atoms with Gasteiger partial charge >= 0.3 is 5.97 Å². The molecule has 0 bridgehead atoms. The number of aromatic nitrogens is 3. The van der Waals surface area contributed by atoms with Crippen LogP contribution in [0.4, 0.5) is 5.95 Å². The first-order valence-corrected chi connectivity index (χ1v) is 5.81. The molecule has 0 aromatic carbocycles. The Morgan fingerprint density at radius 2 is 1.94 bits per heavy atom. The fourth-order valence-electron chi connectivity index (χ4n) is 1.84. The molecule has 7 nitrogen and oxygen atoms in total. The highest BCUT2D eigenvalue weighted by atomic mass is 16.5. The Kier molecular flexibility index (Phi) is 3.42. The largest absolute Gasteiger partial charge is 0.480 e. The van der Waals surface area contributed by atoms with Crippen LogP contribution in [0.5, 0.6) is 0 Å². The van der Waals surface area contributed by atoms with E-state index in [2.05, 4.69) is 20.5 Å². The molecule has 1 fully saturated rings. The third-order valence-corrected chi connectivity index (χ3v) is 3.20. The fourth-order valence-corrected chi connectivity index (χ4v) is 1.84. The molecule has 0 radical (unpaired) electrons. The molecular formula is C11H16N4O3. The number of rotatable bonds is 3. The SMILES string of the molecule is Cc1nnc(NC2(C(=O)O)CCOCC2)nc1C. The number of hydrogen-bond donors (Lipinski definition) is 2. The van der Waals surface area contributed by atoms with Crippen LogP contribution in [0.1, 0.15) is 24.2 Å². The van der Waals surface area contributed by atoms with Crippen LogP contribution in [0.25, 0.3) is 0 Å². The standard InChI is InChI=1S/C11H16N4O3/c1-7-8(2)14-15-10(12-7)13-11(9(16)17)3-5-18-6-4-11/h3-6H2,1-2H3,(H,16,17)(H,12,13,15). The highest BCUT2D eigenvalue weighted by molar-refractivity contribution is 5.82. The van der Waals surface area contributed by atoms with Crippen molar-refractivity contribution in [1.29, 1.82) is 0 Å². The zero-order valence-electron chi connectivity index (χ0n) is 10.4. The van der Waals surface area contributed by atoms with Gasteiger partial charge in [0.25, 0.3) is 0 Å². The smallest absolute Gasteiger partial charge is 0.329 e. The number of hydrogen-bond acceptors (Lipinski definition) is 6. The van der Waals surface area contributed by atoms with Crippen molar-refractivity contribution in [3.63, 3.8) is 0 Å². The van der Waals surface area contributed by atoms with Gasteiger partial charge in [-0.3, -0.25) is 0 Å². The van der Waals surface area contributed by atoms with Crippen molar-refractivity contribution >= 4 is 11.9 Å². The van der Waals surface area contributed by atoms with Crippen molar-refractivity contribution in [3.8, 4) is 0 Å². The maximum Gasteiger partial charge on any atom is 0.329 e. The normalized spacial score (nSPS) is 18.3. The van der Waals surface area contributed by atoms with Crippen LogP contribution in [-0.2, 0) is 9.53 Å². The van der Waals surface area contributed by atoms with E-state index in [1.165, 1.54) is 0 Å². The Morgan fingerprint density at radius 3 is 2.50 bits per heavy atom. The minimum Gasteiger partial charge on any atom is -0.480 e. The van der Waals surface area contributed by atoms with Gasteiger partial charge in [-0.15, -0.1) is 5.10 Å². The van der Waals surface area contributed by atoms with Crippen LogP contribution in [0.3, 0.4) is 0 Å². The lowest BCUT2D eigenvalue weighted by atomic mass is 9.90. The van der Waals surface area contributed by atoms with Gasteiger partial charge in [0, 0.05) is 26.1 Å². The summed E-state index contributed by atoms with van der Waals surface area (Å²) in [6.07, 6.45) is 0.775. The third kappa shape index (κ3) is 2.40. The molecule has 0 aliphatic carbocycles. The summed E-state index contributed by atoms with van der Waals surface area (Å²) in [5, 5.41) is 20.1. The Bertz CT molecular complexity index is 458. The zero-order valence-corrected chi connectivity index (χ0v) is 10.4. The molecule has 1 aliphatic heterocycles. The first-order valence-electron chi connectivity index (χ1n) is 5.81. The highest BCUT2D eigenvalue weighted by Gasteiger charge is 2.41.